The molecule has 4 aromatic carbocycles. The second-order valence-corrected chi connectivity index (χ2v) is 9.93. The van der Waals surface area contributed by atoms with Crippen LogP contribution in [0.4, 0.5) is 5.69 Å². The highest BCUT2D eigenvalue weighted by atomic mass is 32.2. The number of nitrogens with zero attached hydrogens (tertiary/aromatic N) is 1. The van der Waals surface area contributed by atoms with Crippen molar-refractivity contribution in [2.75, 3.05) is 4.90 Å². The largest absolute Gasteiger partial charge is 0.488 e. The predicted molar refractivity (Wildman–Crippen MR) is 146 cm³/mol. The van der Waals surface area contributed by atoms with Crippen LogP contribution in [0.3, 0.4) is 0 Å². The van der Waals surface area contributed by atoms with Crippen LogP contribution in [0.5, 0.6) is 5.75 Å². The summed E-state index contributed by atoms with van der Waals surface area (Å²) in [7, 11) is 0. The molecule has 0 N–H and O–H groups in total. The normalized spacial score (nSPS) is 14.9. The van der Waals surface area contributed by atoms with Crippen LogP contribution in [0.1, 0.15) is 22.3 Å². The standard InChI is InChI=1S/C29H23NO2S2/c1-19-14-15-24(16-20(19)2)30-28(31)27(34-29(30)33)17-22-9-4-6-13-26(22)32-18-23-11-7-10-21-8-3-5-12-25(21)23/h3-17H,18H2,1-2H3. The van der Waals surface area contributed by atoms with Crippen molar-refractivity contribution in [3.05, 3.63) is 112 Å². The van der Waals surface area contributed by atoms with E-state index in [1.165, 1.54) is 28.1 Å². The first-order valence-electron chi connectivity index (χ1n) is 11.0. The smallest absolute Gasteiger partial charge is 0.270 e. The van der Waals surface area contributed by atoms with Gasteiger partial charge in [-0.25, -0.2) is 0 Å². The Labute approximate surface area is 209 Å². The molecule has 4 aromatic rings. The molecule has 1 aliphatic heterocycles. The van der Waals surface area contributed by atoms with Gasteiger partial charge in [-0.1, -0.05) is 90.7 Å². The van der Waals surface area contributed by atoms with E-state index in [0.29, 0.717) is 15.8 Å². The second-order valence-electron chi connectivity index (χ2n) is 8.25. The zero-order valence-electron chi connectivity index (χ0n) is 18.9. The van der Waals surface area contributed by atoms with E-state index < -0.39 is 0 Å². The number of hydrogen-bond donors (Lipinski definition) is 0. The molecule has 0 spiro atoms. The number of benzene rings is 4. The first kappa shape index (κ1) is 22.4. The molecule has 0 aliphatic carbocycles. The molecule has 0 saturated carbocycles. The van der Waals surface area contributed by atoms with Crippen LogP contribution in [0.15, 0.2) is 89.8 Å². The van der Waals surface area contributed by atoms with E-state index >= 15 is 0 Å². The van der Waals surface area contributed by atoms with E-state index in [4.69, 9.17) is 17.0 Å². The van der Waals surface area contributed by atoms with Gasteiger partial charge in [-0.3, -0.25) is 9.69 Å². The quantitative estimate of drug-likeness (QED) is 0.219. The van der Waals surface area contributed by atoms with Crippen molar-refractivity contribution in [2.24, 2.45) is 0 Å². The van der Waals surface area contributed by atoms with E-state index in [0.717, 1.165) is 28.1 Å². The Hall–Kier alpha value is -3.41. The molecule has 0 radical (unpaired) electrons. The Morgan fingerprint density at radius 2 is 1.68 bits per heavy atom. The van der Waals surface area contributed by atoms with Gasteiger partial charge in [0.2, 0.25) is 0 Å². The molecule has 0 bridgehead atoms. The number of aryl methyl sites for hydroxylation is 2. The van der Waals surface area contributed by atoms with Gasteiger partial charge in [-0.05, 0) is 65.6 Å². The Bertz CT molecular complexity index is 1450. The Morgan fingerprint density at radius 1 is 0.912 bits per heavy atom. The van der Waals surface area contributed by atoms with Crippen LogP contribution in [-0.2, 0) is 11.4 Å². The lowest BCUT2D eigenvalue weighted by Gasteiger charge is -2.16. The molecule has 0 aromatic heterocycles. The number of thiocarbonyl (C=S) groups is 1. The molecule has 5 rings (SSSR count). The molecule has 1 saturated heterocycles. The topological polar surface area (TPSA) is 29.5 Å². The number of hydrogen-bond acceptors (Lipinski definition) is 4. The fraction of sp³-hybridized carbons (Fsp3) is 0.103. The number of anilines is 1. The van der Waals surface area contributed by atoms with Gasteiger partial charge in [-0.2, -0.15) is 0 Å². The van der Waals surface area contributed by atoms with Crippen molar-refractivity contribution in [3.8, 4) is 5.75 Å². The van der Waals surface area contributed by atoms with Gasteiger partial charge >= 0.3 is 0 Å². The van der Waals surface area contributed by atoms with E-state index in [1.54, 1.807) is 4.90 Å². The third-order valence-corrected chi connectivity index (χ3v) is 7.31. The van der Waals surface area contributed by atoms with Crippen LogP contribution >= 0.6 is 24.0 Å². The predicted octanol–water partition coefficient (Wildman–Crippen LogP) is 7.44. The van der Waals surface area contributed by atoms with Crippen molar-refractivity contribution in [1.82, 2.24) is 0 Å². The Kier molecular flexibility index (Phi) is 6.22. The minimum absolute atomic E-state index is 0.109. The molecule has 168 valence electrons. The number of amides is 1. The first-order chi connectivity index (χ1) is 16.5. The maximum Gasteiger partial charge on any atom is 0.270 e. The van der Waals surface area contributed by atoms with Gasteiger partial charge in [0.05, 0.1) is 10.6 Å². The van der Waals surface area contributed by atoms with E-state index in [-0.39, 0.29) is 5.91 Å². The highest BCUT2D eigenvalue weighted by Crippen LogP contribution is 2.37. The summed E-state index contributed by atoms with van der Waals surface area (Å²) in [6.07, 6.45) is 1.87. The number of ether oxygens (including phenoxy) is 1. The first-order valence-corrected chi connectivity index (χ1v) is 12.3. The third kappa shape index (κ3) is 4.37. The summed E-state index contributed by atoms with van der Waals surface area (Å²) >= 11 is 6.88. The van der Waals surface area contributed by atoms with Crippen LogP contribution in [0, 0.1) is 13.8 Å². The number of thioether (sulfide) groups is 1. The summed E-state index contributed by atoms with van der Waals surface area (Å²) in [6.45, 7) is 4.53. The average Bonchev–Trinajstić information content (AvgIpc) is 3.13. The van der Waals surface area contributed by atoms with Gasteiger partial charge in [-0.15, -0.1) is 0 Å². The van der Waals surface area contributed by atoms with Crippen molar-refractivity contribution < 1.29 is 9.53 Å². The molecular formula is C29H23NO2S2. The highest BCUT2D eigenvalue weighted by molar-refractivity contribution is 8.27. The van der Waals surface area contributed by atoms with E-state index in [2.05, 4.69) is 31.2 Å². The molecule has 1 amide bonds. The minimum Gasteiger partial charge on any atom is -0.488 e. The molecule has 5 heteroatoms. The number of para-hydroxylation sites is 1. The molecule has 1 aliphatic rings. The van der Waals surface area contributed by atoms with E-state index in [1.807, 2.05) is 73.7 Å². The highest BCUT2D eigenvalue weighted by Gasteiger charge is 2.33. The average molecular weight is 482 g/mol. The number of rotatable bonds is 5. The lowest BCUT2D eigenvalue weighted by Crippen LogP contribution is -2.27. The van der Waals surface area contributed by atoms with Crippen molar-refractivity contribution >= 4 is 56.7 Å². The monoisotopic (exact) mass is 481 g/mol. The molecule has 34 heavy (non-hydrogen) atoms. The van der Waals surface area contributed by atoms with Crippen LogP contribution < -0.4 is 9.64 Å². The summed E-state index contributed by atoms with van der Waals surface area (Å²) < 4.78 is 6.77. The third-order valence-electron chi connectivity index (χ3n) is 6.01. The molecule has 0 unspecified atom stereocenters. The van der Waals surface area contributed by atoms with Gasteiger partial charge in [0.25, 0.3) is 5.91 Å². The maximum absolute atomic E-state index is 13.3. The molecule has 1 heterocycles. The Balaban J connectivity index is 1.41. The Morgan fingerprint density at radius 3 is 2.53 bits per heavy atom. The van der Waals surface area contributed by atoms with Crippen molar-refractivity contribution in [3.63, 3.8) is 0 Å². The maximum atomic E-state index is 13.3. The van der Waals surface area contributed by atoms with Crippen LogP contribution in [-0.4, -0.2) is 10.2 Å². The summed E-state index contributed by atoms with van der Waals surface area (Å²) in [4.78, 5) is 15.5. The summed E-state index contributed by atoms with van der Waals surface area (Å²) in [5.74, 6) is 0.619. The van der Waals surface area contributed by atoms with Crippen LogP contribution in [0.25, 0.3) is 16.8 Å². The van der Waals surface area contributed by atoms with Crippen molar-refractivity contribution in [1.29, 1.82) is 0 Å². The fourth-order valence-corrected chi connectivity index (χ4v) is 5.29. The lowest BCUT2D eigenvalue weighted by molar-refractivity contribution is -0.113. The summed E-state index contributed by atoms with van der Waals surface area (Å²) in [6, 6.07) is 28.3. The summed E-state index contributed by atoms with van der Waals surface area (Å²) in [5.41, 5.74) is 5.08. The zero-order valence-corrected chi connectivity index (χ0v) is 20.6. The number of fused-ring (bicyclic) bond motifs is 1. The van der Waals surface area contributed by atoms with Gasteiger partial charge in [0.15, 0.2) is 4.32 Å². The fourth-order valence-electron chi connectivity index (χ4n) is 4.00. The minimum atomic E-state index is -0.109. The van der Waals surface area contributed by atoms with E-state index in [9.17, 15) is 4.79 Å². The molecule has 1 fully saturated rings. The molecular weight excluding hydrogens is 458 g/mol. The van der Waals surface area contributed by atoms with Crippen LogP contribution in [0.2, 0.25) is 0 Å². The van der Waals surface area contributed by atoms with Gasteiger partial charge in [0.1, 0.15) is 12.4 Å². The zero-order chi connectivity index (χ0) is 23.7. The van der Waals surface area contributed by atoms with Gasteiger partial charge in [0, 0.05) is 5.56 Å². The summed E-state index contributed by atoms with van der Waals surface area (Å²) in [5, 5.41) is 2.36. The van der Waals surface area contributed by atoms with Gasteiger partial charge < -0.3 is 4.74 Å². The number of carbonyl (C=O) groups is 1. The second kappa shape index (κ2) is 9.45. The van der Waals surface area contributed by atoms with Crippen molar-refractivity contribution in [2.45, 2.75) is 20.5 Å². The SMILES string of the molecule is Cc1ccc(N2C(=O)C(=Cc3ccccc3OCc3cccc4ccccc34)SC2=S)cc1C. The molecule has 3 nitrogen and oxygen atoms in total. The molecule has 0 atom stereocenters. The number of carbonyl (C=O) groups excluding carboxylic acids is 1. The lowest BCUT2D eigenvalue weighted by atomic mass is 10.1.